The van der Waals surface area contributed by atoms with Gasteiger partial charge in [0.15, 0.2) is 0 Å². The first-order valence-corrected chi connectivity index (χ1v) is 14.4. The fourth-order valence-electron chi connectivity index (χ4n) is 6.48. The smallest absolute Gasteiger partial charge is 0.239 e. The van der Waals surface area contributed by atoms with E-state index in [2.05, 4.69) is 40.1 Å². The molecule has 8 nitrogen and oxygen atoms in total. The molecule has 3 fully saturated rings. The van der Waals surface area contributed by atoms with Gasteiger partial charge in [0.25, 0.3) is 0 Å². The lowest BCUT2D eigenvalue weighted by atomic mass is 9.89. The number of amides is 1. The van der Waals surface area contributed by atoms with Gasteiger partial charge in [0.1, 0.15) is 5.65 Å². The average molecular weight is 497 g/mol. The molecule has 1 aliphatic carbocycles. The monoisotopic (exact) mass is 496 g/mol. The highest BCUT2D eigenvalue weighted by Crippen LogP contribution is 2.38. The number of carbonyl (C=O) groups is 1. The van der Waals surface area contributed by atoms with Crippen molar-refractivity contribution in [1.29, 1.82) is 0 Å². The van der Waals surface area contributed by atoms with Crippen LogP contribution in [0.15, 0.2) is 12.4 Å². The number of hydrogen-bond donors (Lipinski definition) is 3. The van der Waals surface area contributed by atoms with Gasteiger partial charge in [0.05, 0.1) is 12.1 Å². The fraction of sp³-hybridized carbons (Fsp3) is 0.750. The summed E-state index contributed by atoms with van der Waals surface area (Å²) in [7, 11) is 0. The SMILES string of the molecule is CCC[C@H](C)Nc1ncc2c(C3CCN(C(=O)[C@@H]4CCCCN4)CC3)cn([C@H]3CC[C@H](O)CC3)c2n1. The summed E-state index contributed by atoms with van der Waals surface area (Å²) in [4.78, 5) is 24.8. The predicted molar refractivity (Wildman–Crippen MR) is 143 cm³/mol. The highest BCUT2D eigenvalue weighted by Gasteiger charge is 2.32. The van der Waals surface area contributed by atoms with Gasteiger partial charge in [0, 0.05) is 43.0 Å². The molecule has 2 aliphatic heterocycles. The van der Waals surface area contributed by atoms with Gasteiger partial charge in [-0.05, 0) is 82.7 Å². The fourth-order valence-corrected chi connectivity index (χ4v) is 6.48. The minimum Gasteiger partial charge on any atom is -0.393 e. The van der Waals surface area contributed by atoms with E-state index >= 15 is 0 Å². The molecule has 0 bridgehead atoms. The van der Waals surface area contributed by atoms with Crippen LogP contribution in [0.3, 0.4) is 0 Å². The number of nitrogens with zero attached hydrogens (tertiary/aromatic N) is 4. The Kier molecular flexibility index (Phi) is 8.11. The highest BCUT2D eigenvalue weighted by atomic mass is 16.3. The second-order valence-electron chi connectivity index (χ2n) is 11.3. The molecule has 198 valence electrons. The van der Waals surface area contributed by atoms with Crippen molar-refractivity contribution >= 4 is 22.9 Å². The molecule has 5 rings (SSSR count). The Morgan fingerprint density at radius 2 is 1.94 bits per heavy atom. The molecule has 2 aromatic rings. The maximum atomic E-state index is 13.0. The third-order valence-corrected chi connectivity index (χ3v) is 8.61. The Hall–Kier alpha value is -2.19. The summed E-state index contributed by atoms with van der Waals surface area (Å²) in [5.41, 5.74) is 2.34. The number of nitrogens with one attached hydrogen (secondary N) is 2. The van der Waals surface area contributed by atoms with Crippen LogP contribution in [0.2, 0.25) is 0 Å². The quantitative estimate of drug-likeness (QED) is 0.527. The standard InChI is InChI=1S/C28H44N6O2/c1-3-6-19(2)31-28-30-17-23-24(18-34(26(23)32-28)21-8-10-22(35)11-9-21)20-12-15-33(16-13-20)27(36)25-7-4-5-14-29-25/h17-22,25,29,35H,3-16H2,1-2H3,(H,30,31,32)/t19-,21-,22-,25-/m0/s1. The zero-order valence-corrected chi connectivity index (χ0v) is 22.1. The third kappa shape index (κ3) is 5.54. The number of fused-ring (bicyclic) bond motifs is 1. The topological polar surface area (TPSA) is 95.3 Å². The number of carbonyl (C=O) groups excluding carboxylic acids is 1. The van der Waals surface area contributed by atoms with E-state index in [-0.39, 0.29) is 18.1 Å². The van der Waals surface area contributed by atoms with Crippen LogP contribution in [0.4, 0.5) is 5.95 Å². The second kappa shape index (κ2) is 11.5. The van der Waals surface area contributed by atoms with E-state index in [4.69, 9.17) is 9.97 Å². The van der Waals surface area contributed by atoms with Crippen molar-refractivity contribution in [2.24, 2.45) is 0 Å². The molecule has 2 aromatic heterocycles. The molecule has 1 saturated carbocycles. The molecule has 8 heteroatoms. The first-order valence-electron chi connectivity index (χ1n) is 14.4. The van der Waals surface area contributed by atoms with Crippen molar-refractivity contribution in [3.05, 3.63) is 18.0 Å². The Morgan fingerprint density at radius 3 is 2.64 bits per heavy atom. The lowest BCUT2D eigenvalue weighted by molar-refractivity contribution is -0.135. The van der Waals surface area contributed by atoms with Gasteiger partial charge in [-0.3, -0.25) is 4.79 Å². The zero-order chi connectivity index (χ0) is 25.1. The van der Waals surface area contributed by atoms with Gasteiger partial charge in [-0.1, -0.05) is 19.8 Å². The van der Waals surface area contributed by atoms with Crippen molar-refractivity contribution < 1.29 is 9.90 Å². The molecule has 2 saturated heterocycles. The van der Waals surface area contributed by atoms with Crippen LogP contribution in [-0.2, 0) is 4.79 Å². The molecule has 0 radical (unpaired) electrons. The minimum absolute atomic E-state index is 0.00767. The summed E-state index contributed by atoms with van der Waals surface area (Å²) in [5.74, 6) is 1.40. The number of piperidine rings is 2. The summed E-state index contributed by atoms with van der Waals surface area (Å²) < 4.78 is 2.37. The zero-order valence-electron chi connectivity index (χ0n) is 22.1. The molecule has 0 aromatic carbocycles. The maximum absolute atomic E-state index is 13.0. The molecule has 0 spiro atoms. The lowest BCUT2D eigenvalue weighted by Crippen LogP contribution is -2.50. The summed E-state index contributed by atoms with van der Waals surface area (Å²) in [6.45, 7) is 6.97. The predicted octanol–water partition coefficient (Wildman–Crippen LogP) is 4.36. The molecular weight excluding hydrogens is 452 g/mol. The van der Waals surface area contributed by atoms with Gasteiger partial charge in [-0.15, -0.1) is 0 Å². The first kappa shape index (κ1) is 25.5. The number of aromatic nitrogens is 3. The Balaban J connectivity index is 1.36. The molecule has 4 heterocycles. The summed E-state index contributed by atoms with van der Waals surface area (Å²) in [5, 5.41) is 18.1. The molecule has 36 heavy (non-hydrogen) atoms. The van der Waals surface area contributed by atoms with Crippen molar-refractivity contribution in [1.82, 2.24) is 24.8 Å². The van der Waals surface area contributed by atoms with Crippen LogP contribution >= 0.6 is 0 Å². The van der Waals surface area contributed by atoms with Gasteiger partial charge >= 0.3 is 0 Å². The Morgan fingerprint density at radius 1 is 1.17 bits per heavy atom. The van der Waals surface area contributed by atoms with Crippen LogP contribution in [-0.4, -0.2) is 68.3 Å². The first-order chi connectivity index (χ1) is 17.5. The minimum atomic E-state index is -0.176. The molecular formula is C28H44N6O2. The summed E-state index contributed by atoms with van der Waals surface area (Å²) in [6.07, 6.45) is 15.3. The largest absolute Gasteiger partial charge is 0.393 e. The van der Waals surface area contributed by atoms with Crippen LogP contribution in [0, 0.1) is 0 Å². The Bertz CT molecular complexity index is 1020. The van der Waals surface area contributed by atoms with Crippen LogP contribution < -0.4 is 10.6 Å². The Labute approximate surface area is 215 Å². The highest BCUT2D eigenvalue weighted by molar-refractivity contribution is 5.83. The summed E-state index contributed by atoms with van der Waals surface area (Å²) >= 11 is 0. The number of hydrogen-bond acceptors (Lipinski definition) is 6. The van der Waals surface area contributed by atoms with Crippen LogP contribution in [0.5, 0.6) is 0 Å². The number of anilines is 1. The van der Waals surface area contributed by atoms with Crippen molar-refractivity contribution in [2.45, 2.75) is 115 Å². The lowest BCUT2D eigenvalue weighted by Gasteiger charge is -2.35. The number of rotatable bonds is 7. The average Bonchev–Trinajstić information content (AvgIpc) is 3.28. The molecule has 1 amide bonds. The van der Waals surface area contributed by atoms with Gasteiger partial charge in [-0.25, -0.2) is 4.98 Å². The summed E-state index contributed by atoms with van der Waals surface area (Å²) in [6, 6.07) is 0.702. The van der Waals surface area contributed by atoms with Gasteiger partial charge < -0.3 is 25.2 Å². The van der Waals surface area contributed by atoms with E-state index in [1.807, 2.05) is 6.20 Å². The van der Waals surface area contributed by atoms with E-state index in [0.29, 0.717) is 23.9 Å². The number of aliphatic hydroxyl groups excluding tert-OH is 1. The van der Waals surface area contributed by atoms with Gasteiger partial charge in [0.2, 0.25) is 11.9 Å². The normalized spacial score (nSPS) is 26.8. The van der Waals surface area contributed by atoms with Crippen molar-refractivity contribution in [3.63, 3.8) is 0 Å². The molecule has 3 N–H and O–H groups in total. The van der Waals surface area contributed by atoms with Crippen molar-refractivity contribution in [3.8, 4) is 0 Å². The molecule has 2 atom stereocenters. The van der Waals surface area contributed by atoms with Crippen LogP contribution in [0.25, 0.3) is 11.0 Å². The maximum Gasteiger partial charge on any atom is 0.239 e. The van der Waals surface area contributed by atoms with E-state index in [1.54, 1.807) is 0 Å². The second-order valence-corrected chi connectivity index (χ2v) is 11.3. The van der Waals surface area contributed by atoms with E-state index in [0.717, 1.165) is 94.9 Å². The van der Waals surface area contributed by atoms with Gasteiger partial charge in [-0.2, -0.15) is 4.98 Å². The number of aliphatic hydroxyl groups is 1. The van der Waals surface area contributed by atoms with E-state index in [1.165, 1.54) is 12.0 Å². The van der Waals surface area contributed by atoms with Crippen molar-refractivity contribution in [2.75, 3.05) is 25.0 Å². The molecule has 3 aliphatic rings. The van der Waals surface area contributed by atoms with Crippen LogP contribution in [0.1, 0.15) is 102 Å². The third-order valence-electron chi connectivity index (χ3n) is 8.61. The van der Waals surface area contributed by atoms with E-state index in [9.17, 15) is 9.90 Å². The molecule has 0 unspecified atom stereocenters. The van der Waals surface area contributed by atoms with E-state index < -0.39 is 0 Å². The number of likely N-dealkylation sites (tertiary alicyclic amines) is 1.